The average molecular weight is 322 g/mol. The first-order chi connectivity index (χ1) is 10.4. The third-order valence-corrected chi connectivity index (χ3v) is 5.36. The fourth-order valence-corrected chi connectivity index (χ4v) is 3.93. The van der Waals surface area contributed by atoms with Crippen molar-refractivity contribution in [2.24, 2.45) is 0 Å². The molecule has 0 spiro atoms. The van der Waals surface area contributed by atoms with Crippen molar-refractivity contribution in [2.45, 2.75) is 11.3 Å². The highest BCUT2D eigenvalue weighted by Crippen LogP contribution is 2.35. The summed E-state index contributed by atoms with van der Waals surface area (Å²) in [6.07, 6.45) is 0.480. The Morgan fingerprint density at radius 1 is 1.14 bits per heavy atom. The van der Waals surface area contributed by atoms with Crippen LogP contribution in [0, 0.1) is 15.9 Å². The molecule has 1 heterocycles. The first kappa shape index (κ1) is 14.5. The van der Waals surface area contributed by atoms with Crippen LogP contribution in [0.2, 0.25) is 0 Å². The number of anilines is 1. The van der Waals surface area contributed by atoms with Crippen LogP contribution in [0.3, 0.4) is 0 Å². The maximum absolute atomic E-state index is 12.9. The molecule has 2 aromatic rings. The van der Waals surface area contributed by atoms with Crippen LogP contribution in [0.5, 0.6) is 0 Å². The van der Waals surface area contributed by atoms with Gasteiger partial charge >= 0.3 is 0 Å². The van der Waals surface area contributed by atoms with Crippen molar-refractivity contribution in [1.82, 2.24) is 0 Å². The summed E-state index contributed by atoms with van der Waals surface area (Å²) in [5.74, 6) is -0.531. The molecule has 1 aliphatic heterocycles. The van der Waals surface area contributed by atoms with E-state index < -0.39 is 20.8 Å². The summed E-state index contributed by atoms with van der Waals surface area (Å²) in [6, 6.07) is 8.67. The van der Waals surface area contributed by atoms with Crippen molar-refractivity contribution in [1.29, 1.82) is 0 Å². The quantitative estimate of drug-likeness (QED) is 0.642. The van der Waals surface area contributed by atoms with Gasteiger partial charge in [0, 0.05) is 18.7 Å². The normalized spacial score (nSPS) is 14.0. The highest BCUT2D eigenvalue weighted by molar-refractivity contribution is 7.92. The van der Waals surface area contributed by atoms with E-state index in [0.717, 1.165) is 22.0 Å². The van der Waals surface area contributed by atoms with Gasteiger partial charge < -0.3 is 0 Å². The molecule has 0 saturated heterocycles. The van der Waals surface area contributed by atoms with Crippen LogP contribution in [0.4, 0.5) is 15.8 Å². The third-order valence-electron chi connectivity index (χ3n) is 3.53. The predicted octanol–water partition coefficient (Wildman–Crippen LogP) is 2.49. The molecule has 0 fully saturated rings. The molecule has 3 rings (SSSR count). The van der Waals surface area contributed by atoms with E-state index in [-0.39, 0.29) is 17.1 Å². The summed E-state index contributed by atoms with van der Waals surface area (Å²) in [7, 11) is -3.87. The highest BCUT2D eigenvalue weighted by atomic mass is 32.2. The summed E-state index contributed by atoms with van der Waals surface area (Å²) in [5, 5.41) is 10.9. The van der Waals surface area contributed by atoms with Crippen LogP contribution < -0.4 is 4.31 Å². The molecule has 0 bridgehead atoms. The molecule has 0 aromatic heterocycles. The molecular formula is C14H11FN2O4S. The van der Waals surface area contributed by atoms with E-state index in [1.165, 1.54) is 24.3 Å². The van der Waals surface area contributed by atoms with Gasteiger partial charge in [0.1, 0.15) is 5.82 Å². The van der Waals surface area contributed by atoms with Gasteiger partial charge in [-0.05, 0) is 36.2 Å². The lowest BCUT2D eigenvalue weighted by Crippen LogP contribution is -2.29. The molecule has 8 heteroatoms. The number of non-ortho nitro benzene ring substituents is 1. The Hall–Kier alpha value is -2.48. The summed E-state index contributed by atoms with van der Waals surface area (Å²) in [5.41, 5.74) is 0.870. The van der Waals surface area contributed by atoms with E-state index in [4.69, 9.17) is 0 Å². The van der Waals surface area contributed by atoms with E-state index in [0.29, 0.717) is 12.1 Å². The van der Waals surface area contributed by atoms with E-state index in [1.807, 2.05) is 0 Å². The van der Waals surface area contributed by atoms with E-state index >= 15 is 0 Å². The first-order valence-corrected chi connectivity index (χ1v) is 7.89. The maximum atomic E-state index is 12.9. The van der Waals surface area contributed by atoms with Gasteiger partial charge in [0.25, 0.3) is 15.7 Å². The smallest absolute Gasteiger partial charge is 0.265 e. The molecule has 0 aliphatic carbocycles. The fourth-order valence-electron chi connectivity index (χ4n) is 2.44. The fraction of sp³-hybridized carbons (Fsp3) is 0.143. The van der Waals surface area contributed by atoms with Crippen LogP contribution >= 0.6 is 0 Å². The lowest BCUT2D eigenvalue weighted by molar-refractivity contribution is -0.384. The lowest BCUT2D eigenvalue weighted by Gasteiger charge is -2.19. The standard InChI is InChI=1S/C14H11FN2O4S/c15-11-2-5-13(6-3-11)22(20,21)16-8-7-10-1-4-12(17(18)19)9-14(10)16/h1-6,9H,7-8H2. The van der Waals surface area contributed by atoms with Crippen molar-refractivity contribution in [2.75, 3.05) is 10.8 Å². The molecule has 2 aromatic carbocycles. The highest BCUT2D eigenvalue weighted by Gasteiger charge is 2.32. The Bertz CT molecular complexity index is 850. The number of hydrogen-bond acceptors (Lipinski definition) is 4. The lowest BCUT2D eigenvalue weighted by atomic mass is 10.1. The van der Waals surface area contributed by atoms with Crippen LogP contribution in [0.15, 0.2) is 47.4 Å². The molecular weight excluding hydrogens is 311 g/mol. The molecule has 0 unspecified atom stereocenters. The van der Waals surface area contributed by atoms with Crippen molar-refractivity contribution >= 4 is 21.4 Å². The van der Waals surface area contributed by atoms with Crippen LogP contribution in [-0.4, -0.2) is 19.9 Å². The van der Waals surface area contributed by atoms with Crippen molar-refractivity contribution in [3.63, 3.8) is 0 Å². The minimum absolute atomic E-state index is 0.0479. The number of nitro groups is 1. The number of benzene rings is 2. The van der Waals surface area contributed by atoms with Gasteiger partial charge in [0.15, 0.2) is 0 Å². The number of fused-ring (bicyclic) bond motifs is 1. The average Bonchev–Trinajstić information content (AvgIpc) is 2.91. The van der Waals surface area contributed by atoms with E-state index in [2.05, 4.69) is 0 Å². The Balaban J connectivity index is 2.06. The minimum Gasteiger partial charge on any atom is -0.265 e. The van der Waals surface area contributed by atoms with Crippen LogP contribution in [0.25, 0.3) is 0 Å². The maximum Gasteiger partial charge on any atom is 0.271 e. The Morgan fingerprint density at radius 3 is 2.45 bits per heavy atom. The van der Waals surface area contributed by atoms with Gasteiger partial charge in [-0.25, -0.2) is 12.8 Å². The summed E-state index contributed by atoms with van der Waals surface area (Å²) < 4.78 is 39.3. The Labute approximate surface area is 126 Å². The zero-order valence-corrected chi connectivity index (χ0v) is 12.1. The molecule has 114 valence electrons. The van der Waals surface area contributed by atoms with Crippen LogP contribution in [0.1, 0.15) is 5.56 Å². The second-order valence-corrected chi connectivity index (χ2v) is 6.71. The molecule has 6 nitrogen and oxygen atoms in total. The van der Waals surface area contributed by atoms with Crippen molar-refractivity contribution in [3.05, 3.63) is 64.0 Å². The predicted molar refractivity (Wildman–Crippen MR) is 77.7 cm³/mol. The van der Waals surface area contributed by atoms with Gasteiger partial charge in [-0.15, -0.1) is 0 Å². The zero-order chi connectivity index (χ0) is 15.9. The zero-order valence-electron chi connectivity index (χ0n) is 11.3. The molecule has 0 atom stereocenters. The molecule has 22 heavy (non-hydrogen) atoms. The summed E-state index contributed by atoms with van der Waals surface area (Å²) >= 11 is 0. The number of nitrogens with zero attached hydrogens (tertiary/aromatic N) is 2. The van der Waals surface area contributed by atoms with Gasteiger partial charge in [-0.2, -0.15) is 0 Å². The second kappa shape index (κ2) is 5.06. The van der Waals surface area contributed by atoms with Crippen molar-refractivity contribution < 1.29 is 17.7 Å². The second-order valence-electron chi connectivity index (χ2n) is 4.85. The molecule has 0 N–H and O–H groups in total. The van der Waals surface area contributed by atoms with Gasteiger partial charge in [0.2, 0.25) is 0 Å². The molecule has 0 saturated carbocycles. The number of nitro benzene ring substituents is 1. The minimum atomic E-state index is -3.87. The van der Waals surface area contributed by atoms with Crippen LogP contribution in [-0.2, 0) is 16.4 Å². The first-order valence-electron chi connectivity index (χ1n) is 6.45. The number of hydrogen-bond donors (Lipinski definition) is 0. The summed E-state index contributed by atoms with van der Waals surface area (Å²) in [4.78, 5) is 10.2. The summed E-state index contributed by atoms with van der Waals surface area (Å²) in [6.45, 7) is 0.205. The molecule has 0 radical (unpaired) electrons. The largest absolute Gasteiger partial charge is 0.271 e. The van der Waals surface area contributed by atoms with Gasteiger partial charge in [-0.3, -0.25) is 14.4 Å². The molecule has 1 aliphatic rings. The van der Waals surface area contributed by atoms with E-state index in [1.54, 1.807) is 6.07 Å². The number of rotatable bonds is 3. The SMILES string of the molecule is O=[N+]([O-])c1ccc2c(c1)N(S(=O)(=O)c1ccc(F)cc1)CC2. The topological polar surface area (TPSA) is 80.5 Å². The number of sulfonamides is 1. The van der Waals surface area contributed by atoms with Crippen molar-refractivity contribution in [3.8, 4) is 0 Å². The third kappa shape index (κ3) is 2.31. The monoisotopic (exact) mass is 322 g/mol. The van der Waals surface area contributed by atoms with Gasteiger partial charge in [-0.1, -0.05) is 6.07 Å². The Morgan fingerprint density at radius 2 is 1.82 bits per heavy atom. The van der Waals surface area contributed by atoms with Gasteiger partial charge in [0.05, 0.1) is 15.5 Å². The van der Waals surface area contributed by atoms with E-state index in [9.17, 15) is 22.9 Å². The molecule has 0 amide bonds. The number of halogens is 1. The Kier molecular flexibility index (Phi) is 3.32.